The van der Waals surface area contributed by atoms with Gasteiger partial charge in [-0.1, -0.05) is 30.3 Å². The molecule has 1 aromatic carbocycles. The summed E-state index contributed by atoms with van der Waals surface area (Å²) in [4.78, 5) is 14.3. The predicted octanol–water partition coefficient (Wildman–Crippen LogP) is 1.31. The molecule has 1 heterocycles. The second-order valence-corrected chi connectivity index (χ2v) is 5.73. The molecule has 22 heavy (non-hydrogen) atoms. The van der Waals surface area contributed by atoms with E-state index in [1.54, 1.807) is 0 Å². The summed E-state index contributed by atoms with van der Waals surface area (Å²) < 4.78 is 5.32. The van der Waals surface area contributed by atoms with Crippen LogP contribution in [-0.2, 0) is 9.53 Å². The molecule has 3 N–H and O–H groups in total. The zero-order valence-corrected chi connectivity index (χ0v) is 13.2. The monoisotopic (exact) mass is 305 g/mol. The highest BCUT2D eigenvalue weighted by atomic mass is 16.5. The summed E-state index contributed by atoms with van der Waals surface area (Å²) in [6.07, 6.45) is 2.45. The Morgan fingerprint density at radius 1 is 1.23 bits per heavy atom. The summed E-state index contributed by atoms with van der Waals surface area (Å²) in [5, 5.41) is 2.96. The highest BCUT2D eigenvalue weighted by Crippen LogP contribution is 2.12. The number of hydrogen-bond donors (Lipinski definition) is 2. The van der Waals surface area contributed by atoms with Crippen molar-refractivity contribution in [2.24, 2.45) is 5.73 Å². The average molecular weight is 305 g/mol. The number of nitrogens with two attached hydrogens (primary N) is 1. The lowest BCUT2D eigenvalue weighted by atomic mass is 10.0. The molecule has 1 unspecified atom stereocenters. The first kappa shape index (κ1) is 16.9. The maximum absolute atomic E-state index is 11.9. The highest BCUT2D eigenvalue weighted by Gasteiger charge is 2.11. The van der Waals surface area contributed by atoms with E-state index in [-0.39, 0.29) is 11.9 Å². The number of ether oxygens (including phenoxy) is 1. The first-order valence-corrected chi connectivity index (χ1v) is 8.13. The molecule has 5 heteroatoms. The number of amides is 1. The molecule has 1 aliphatic rings. The van der Waals surface area contributed by atoms with Crippen molar-refractivity contribution in [3.63, 3.8) is 0 Å². The topological polar surface area (TPSA) is 67.6 Å². The second kappa shape index (κ2) is 9.56. The fourth-order valence-corrected chi connectivity index (χ4v) is 2.60. The van der Waals surface area contributed by atoms with Gasteiger partial charge in [-0.15, -0.1) is 0 Å². The molecule has 1 saturated heterocycles. The van der Waals surface area contributed by atoms with Gasteiger partial charge in [0.2, 0.25) is 5.91 Å². The van der Waals surface area contributed by atoms with E-state index in [1.165, 1.54) is 0 Å². The average Bonchev–Trinajstić information content (AvgIpc) is 2.56. The molecule has 1 aliphatic heterocycles. The van der Waals surface area contributed by atoms with Crippen LogP contribution in [0, 0.1) is 0 Å². The van der Waals surface area contributed by atoms with Gasteiger partial charge in [0.15, 0.2) is 0 Å². The summed E-state index contributed by atoms with van der Waals surface area (Å²) >= 11 is 0. The SMILES string of the molecule is NC(CC(=O)NCCCCN1CCOCC1)c1ccccc1. The number of carbonyl (C=O) groups is 1. The Morgan fingerprint density at radius 3 is 2.68 bits per heavy atom. The van der Waals surface area contributed by atoms with Crippen LogP contribution in [0.1, 0.15) is 30.9 Å². The Bertz CT molecular complexity index is 433. The number of carbonyl (C=O) groups excluding carboxylic acids is 1. The molecule has 1 amide bonds. The van der Waals surface area contributed by atoms with Gasteiger partial charge in [-0.3, -0.25) is 9.69 Å². The van der Waals surface area contributed by atoms with Crippen molar-refractivity contribution in [1.29, 1.82) is 0 Å². The van der Waals surface area contributed by atoms with Crippen LogP contribution >= 0.6 is 0 Å². The van der Waals surface area contributed by atoms with Gasteiger partial charge in [0.1, 0.15) is 0 Å². The Balaban J connectivity index is 1.54. The maximum atomic E-state index is 11.9. The molecule has 1 atom stereocenters. The quantitative estimate of drug-likeness (QED) is 0.711. The van der Waals surface area contributed by atoms with Crippen LogP contribution in [0.5, 0.6) is 0 Å². The first-order valence-electron chi connectivity index (χ1n) is 8.13. The predicted molar refractivity (Wildman–Crippen MR) is 87.5 cm³/mol. The Hall–Kier alpha value is -1.43. The van der Waals surface area contributed by atoms with E-state index in [2.05, 4.69) is 10.2 Å². The summed E-state index contributed by atoms with van der Waals surface area (Å²) in [6.45, 7) is 5.55. The lowest BCUT2D eigenvalue weighted by Gasteiger charge is -2.26. The van der Waals surface area contributed by atoms with Crippen LogP contribution < -0.4 is 11.1 Å². The van der Waals surface area contributed by atoms with Crippen molar-refractivity contribution in [3.8, 4) is 0 Å². The third-order valence-corrected chi connectivity index (χ3v) is 3.96. The van der Waals surface area contributed by atoms with Crippen LogP contribution in [0.25, 0.3) is 0 Å². The van der Waals surface area contributed by atoms with Gasteiger partial charge in [-0.2, -0.15) is 0 Å². The lowest BCUT2D eigenvalue weighted by molar-refractivity contribution is -0.121. The second-order valence-electron chi connectivity index (χ2n) is 5.73. The Morgan fingerprint density at radius 2 is 1.95 bits per heavy atom. The van der Waals surface area contributed by atoms with Crippen LogP contribution in [0.2, 0.25) is 0 Å². The molecule has 0 saturated carbocycles. The van der Waals surface area contributed by atoms with Gasteiger partial charge in [0, 0.05) is 32.1 Å². The molecule has 0 aromatic heterocycles. The van der Waals surface area contributed by atoms with Crippen molar-refractivity contribution < 1.29 is 9.53 Å². The van der Waals surface area contributed by atoms with Crippen LogP contribution in [-0.4, -0.2) is 50.2 Å². The molecule has 0 bridgehead atoms. The fourth-order valence-electron chi connectivity index (χ4n) is 2.60. The number of morpholine rings is 1. The van der Waals surface area contributed by atoms with E-state index in [1.807, 2.05) is 30.3 Å². The van der Waals surface area contributed by atoms with Gasteiger partial charge in [0.25, 0.3) is 0 Å². The summed E-state index contributed by atoms with van der Waals surface area (Å²) in [7, 11) is 0. The number of unbranched alkanes of at least 4 members (excludes halogenated alkanes) is 1. The van der Waals surface area contributed by atoms with Crippen molar-refractivity contribution in [3.05, 3.63) is 35.9 Å². The van der Waals surface area contributed by atoms with Gasteiger partial charge < -0.3 is 15.8 Å². The zero-order chi connectivity index (χ0) is 15.6. The lowest BCUT2D eigenvalue weighted by Crippen LogP contribution is -2.37. The standard InChI is InChI=1S/C17H27N3O2/c18-16(15-6-2-1-3-7-15)14-17(21)19-8-4-5-9-20-10-12-22-13-11-20/h1-3,6-7,16H,4-5,8-14,18H2,(H,19,21). The summed E-state index contributed by atoms with van der Waals surface area (Å²) in [5.41, 5.74) is 7.05. The molecular weight excluding hydrogens is 278 g/mol. The normalized spacial score (nSPS) is 17.1. The third kappa shape index (κ3) is 6.13. The van der Waals surface area contributed by atoms with E-state index in [0.717, 1.165) is 57.8 Å². The first-order chi connectivity index (χ1) is 10.8. The number of hydrogen-bond acceptors (Lipinski definition) is 4. The van der Waals surface area contributed by atoms with Gasteiger partial charge in [-0.05, 0) is 24.9 Å². The van der Waals surface area contributed by atoms with Crippen LogP contribution in [0.15, 0.2) is 30.3 Å². The van der Waals surface area contributed by atoms with Crippen molar-refractivity contribution in [2.45, 2.75) is 25.3 Å². The molecule has 0 radical (unpaired) electrons. The number of nitrogens with one attached hydrogen (secondary N) is 1. The smallest absolute Gasteiger partial charge is 0.221 e. The Labute approximate surface area is 132 Å². The van der Waals surface area contributed by atoms with Crippen molar-refractivity contribution in [1.82, 2.24) is 10.2 Å². The zero-order valence-electron chi connectivity index (χ0n) is 13.2. The molecule has 0 spiro atoms. The van der Waals surface area contributed by atoms with E-state index in [4.69, 9.17) is 10.5 Å². The minimum atomic E-state index is -0.227. The van der Waals surface area contributed by atoms with E-state index in [9.17, 15) is 4.79 Å². The Kier molecular flexibility index (Phi) is 7.36. The molecule has 1 fully saturated rings. The minimum Gasteiger partial charge on any atom is -0.379 e. The summed E-state index contributed by atoms with van der Waals surface area (Å²) in [5.74, 6) is 0.0303. The van der Waals surface area contributed by atoms with Gasteiger partial charge >= 0.3 is 0 Å². The van der Waals surface area contributed by atoms with Crippen molar-refractivity contribution >= 4 is 5.91 Å². The molecule has 2 rings (SSSR count). The fraction of sp³-hybridized carbons (Fsp3) is 0.588. The van der Waals surface area contributed by atoms with Crippen LogP contribution in [0.3, 0.4) is 0 Å². The molecular formula is C17H27N3O2. The summed E-state index contributed by atoms with van der Waals surface area (Å²) in [6, 6.07) is 9.53. The van der Waals surface area contributed by atoms with E-state index < -0.39 is 0 Å². The van der Waals surface area contributed by atoms with E-state index >= 15 is 0 Å². The number of rotatable bonds is 8. The largest absolute Gasteiger partial charge is 0.379 e. The maximum Gasteiger partial charge on any atom is 0.221 e. The van der Waals surface area contributed by atoms with Crippen LogP contribution in [0.4, 0.5) is 0 Å². The highest BCUT2D eigenvalue weighted by molar-refractivity contribution is 5.76. The number of benzene rings is 1. The molecule has 5 nitrogen and oxygen atoms in total. The molecule has 0 aliphatic carbocycles. The van der Waals surface area contributed by atoms with E-state index in [0.29, 0.717) is 6.42 Å². The van der Waals surface area contributed by atoms with Crippen molar-refractivity contribution in [2.75, 3.05) is 39.4 Å². The molecule has 122 valence electrons. The minimum absolute atomic E-state index is 0.0303. The van der Waals surface area contributed by atoms with Gasteiger partial charge in [-0.25, -0.2) is 0 Å². The molecule has 1 aromatic rings. The van der Waals surface area contributed by atoms with Gasteiger partial charge in [0.05, 0.1) is 13.2 Å². The number of nitrogens with zero attached hydrogens (tertiary/aromatic N) is 1. The third-order valence-electron chi connectivity index (χ3n) is 3.96.